The molecule has 0 fully saturated rings. The van der Waals surface area contributed by atoms with Gasteiger partial charge < -0.3 is 4.90 Å². The van der Waals surface area contributed by atoms with Gasteiger partial charge in [0, 0.05) is 45.5 Å². The maximum atomic E-state index is 9.55. The number of anilines is 2. The van der Waals surface area contributed by atoms with Gasteiger partial charge in [-0.1, -0.05) is 140 Å². The Bertz CT molecular complexity index is 2350. The fraction of sp³-hybridized carbons (Fsp3) is 0.128. The van der Waals surface area contributed by atoms with E-state index in [1.165, 1.54) is 16.8 Å². The molecule has 2 heterocycles. The molecule has 9 rings (SSSR count). The lowest BCUT2D eigenvalue weighted by Crippen LogP contribution is -2.29. The Kier molecular flexibility index (Phi) is 7.95. The summed E-state index contributed by atoms with van der Waals surface area (Å²) in [5.74, 6) is 1.19. The van der Waals surface area contributed by atoms with Gasteiger partial charge in [-0.25, -0.2) is 9.97 Å². The summed E-state index contributed by atoms with van der Waals surface area (Å²) in [7, 11) is 0. The predicted octanol–water partition coefficient (Wildman–Crippen LogP) is 11.3. The molecule has 3 aliphatic carbocycles. The van der Waals surface area contributed by atoms with Gasteiger partial charge in [-0.3, -0.25) is 0 Å². The highest BCUT2D eigenvalue weighted by Gasteiger charge is 2.38. The Balaban J connectivity index is 1.03. The summed E-state index contributed by atoms with van der Waals surface area (Å²) >= 11 is 0. The van der Waals surface area contributed by atoms with E-state index < -0.39 is 0 Å². The zero-order valence-electron chi connectivity index (χ0n) is 28.2. The third kappa shape index (κ3) is 5.67. The van der Waals surface area contributed by atoms with Crippen molar-refractivity contribution in [1.29, 1.82) is 5.26 Å². The van der Waals surface area contributed by atoms with Crippen molar-refractivity contribution in [2.75, 3.05) is 4.90 Å². The first-order valence-electron chi connectivity index (χ1n) is 17.8. The summed E-state index contributed by atoms with van der Waals surface area (Å²) < 4.78 is 0. The highest BCUT2D eigenvalue weighted by molar-refractivity contribution is 5.92. The molecule has 0 saturated heterocycles. The quantitative estimate of drug-likeness (QED) is 0.182. The van der Waals surface area contributed by atoms with E-state index in [-0.39, 0.29) is 17.9 Å². The normalized spacial score (nSPS) is 20.2. The molecule has 0 saturated carbocycles. The number of rotatable bonds is 6. The molecule has 0 amide bonds. The first-order chi connectivity index (χ1) is 25.2. The van der Waals surface area contributed by atoms with Crippen LogP contribution in [0, 0.1) is 11.3 Å². The maximum absolute atomic E-state index is 9.55. The van der Waals surface area contributed by atoms with Gasteiger partial charge in [-0.2, -0.15) is 5.26 Å². The van der Waals surface area contributed by atoms with Crippen LogP contribution in [-0.2, 0) is 0 Å². The number of aromatic nitrogens is 2. The van der Waals surface area contributed by atoms with Crippen molar-refractivity contribution >= 4 is 22.5 Å². The number of nitriles is 1. The molecule has 4 aromatic carbocycles. The Morgan fingerprint density at radius 2 is 1.41 bits per heavy atom. The van der Waals surface area contributed by atoms with E-state index in [1.807, 2.05) is 6.08 Å². The van der Waals surface area contributed by atoms with Gasteiger partial charge in [0.1, 0.15) is 0 Å². The molecule has 0 N–H and O–H groups in total. The minimum Gasteiger partial charge on any atom is -0.333 e. The summed E-state index contributed by atoms with van der Waals surface area (Å²) in [6.07, 6.45) is 22.8. The van der Waals surface area contributed by atoms with Crippen molar-refractivity contribution in [2.45, 2.75) is 37.1 Å². The SMILES string of the molecule is N#CC1=CC2c3ccccc3N(c3ccc(C4C=CC(c5nc(C6=CCCC=C6)c(-c6ccccc6)c(-c6ccccc6)n5)=CC4)cc3)C2C=C1. The predicted molar refractivity (Wildman–Crippen MR) is 208 cm³/mol. The molecule has 3 unspecified atom stereocenters. The van der Waals surface area contributed by atoms with Crippen molar-refractivity contribution in [3.63, 3.8) is 0 Å². The highest BCUT2D eigenvalue weighted by atomic mass is 15.2. The Hall–Kier alpha value is -6.31. The third-order valence-electron chi connectivity index (χ3n) is 10.4. The van der Waals surface area contributed by atoms with Gasteiger partial charge in [0.15, 0.2) is 5.82 Å². The molecule has 5 aromatic rings. The molecule has 4 nitrogen and oxygen atoms in total. The van der Waals surface area contributed by atoms with E-state index in [9.17, 15) is 5.26 Å². The van der Waals surface area contributed by atoms with Crippen molar-refractivity contribution in [3.05, 3.63) is 192 Å². The molecule has 3 atom stereocenters. The van der Waals surface area contributed by atoms with Crippen LogP contribution in [0.5, 0.6) is 0 Å². The second-order valence-corrected chi connectivity index (χ2v) is 13.5. The molecule has 51 heavy (non-hydrogen) atoms. The average Bonchev–Trinajstić information content (AvgIpc) is 3.55. The molecule has 0 radical (unpaired) electrons. The van der Waals surface area contributed by atoms with Crippen LogP contribution in [0.15, 0.2) is 169 Å². The standard InChI is InChI=1S/C47H36N4/c48-31-32-20-29-43-41(30-32)40-18-10-11-19-42(40)51(43)39-27-25-34(26-28-39)33-21-23-38(24-22-33)47-49-45(36-14-6-2-7-15-36)44(35-12-4-1-5-13-35)46(50-47)37-16-8-3-9-17-37/h1-2,4-8,10-21,23-30,33,41,43H,3,9,22H2. The molecule has 0 bridgehead atoms. The average molecular weight is 657 g/mol. The smallest absolute Gasteiger partial charge is 0.160 e. The van der Waals surface area contributed by atoms with Crippen LogP contribution in [0.2, 0.25) is 0 Å². The summed E-state index contributed by atoms with van der Waals surface area (Å²) in [6, 6.07) is 41.1. The molecule has 1 aromatic heterocycles. The van der Waals surface area contributed by atoms with Crippen molar-refractivity contribution in [2.24, 2.45) is 0 Å². The lowest BCUT2D eigenvalue weighted by atomic mass is 9.88. The zero-order valence-corrected chi connectivity index (χ0v) is 28.2. The van der Waals surface area contributed by atoms with Crippen LogP contribution in [0.25, 0.3) is 33.5 Å². The molecular weight excluding hydrogens is 621 g/mol. The fourth-order valence-corrected chi connectivity index (χ4v) is 7.91. The number of nitrogens with zero attached hydrogens (tertiary/aromatic N) is 4. The summed E-state index contributed by atoms with van der Waals surface area (Å²) in [5, 5.41) is 9.55. The molecular formula is C47H36N4. The highest BCUT2D eigenvalue weighted by Crippen LogP contribution is 2.48. The van der Waals surface area contributed by atoms with Gasteiger partial charge in [0.2, 0.25) is 0 Å². The summed E-state index contributed by atoms with van der Waals surface area (Å²) in [4.78, 5) is 13.0. The molecule has 4 aliphatic rings. The Morgan fingerprint density at radius 3 is 2.14 bits per heavy atom. The van der Waals surface area contributed by atoms with Crippen LogP contribution in [-0.4, -0.2) is 16.0 Å². The number of para-hydroxylation sites is 1. The van der Waals surface area contributed by atoms with Crippen molar-refractivity contribution < 1.29 is 0 Å². The fourth-order valence-electron chi connectivity index (χ4n) is 7.91. The van der Waals surface area contributed by atoms with Crippen LogP contribution < -0.4 is 4.90 Å². The van der Waals surface area contributed by atoms with Gasteiger partial charge in [0.25, 0.3) is 0 Å². The lowest BCUT2D eigenvalue weighted by Gasteiger charge is -2.29. The minimum absolute atomic E-state index is 0.157. The number of allylic oxidation sites excluding steroid dienone is 10. The van der Waals surface area contributed by atoms with Gasteiger partial charge >= 0.3 is 0 Å². The Morgan fingerprint density at radius 1 is 0.667 bits per heavy atom. The van der Waals surface area contributed by atoms with E-state index in [4.69, 9.17) is 9.97 Å². The third-order valence-corrected chi connectivity index (χ3v) is 10.4. The zero-order chi connectivity index (χ0) is 34.1. The van der Waals surface area contributed by atoms with E-state index in [2.05, 4.69) is 169 Å². The minimum atomic E-state index is 0.157. The molecule has 0 spiro atoms. The monoisotopic (exact) mass is 656 g/mol. The van der Waals surface area contributed by atoms with Crippen LogP contribution in [0.1, 0.15) is 53.7 Å². The lowest BCUT2D eigenvalue weighted by molar-refractivity contribution is 0.741. The molecule has 1 aliphatic heterocycles. The topological polar surface area (TPSA) is 52.8 Å². The van der Waals surface area contributed by atoms with Crippen molar-refractivity contribution in [1.82, 2.24) is 9.97 Å². The first-order valence-corrected chi connectivity index (χ1v) is 17.8. The van der Waals surface area contributed by atoms with Crippen molar-refractivity contribution in [3.8, 4) is 28.5 Å². The largest absolute Gasteiger partial charge is 0.333 e. The molecule has 244 valence electrons. The number of hydrogen-bond acceptors (Lipinski definition) is 4. The Labute approximate surface area is 299 Å². The second kappa shape index (κ2) is 13.2. The van der Waals surface area contributed by atoms with Gasteiger partial charge in [-0.15, -0.1) is 0 Å². The van der Waals surface area contributed by atoms with Crippen LogP contribution in [0.4, 0.5) is 11.4 Å². The van der Waals surface area contributed by atoms with E-state index in [0.717, 1.165) is 75.6 Å². The summed E-state index contributed by atoms with van der Waals surface area (Å²) in [6.45, 7) is 0. The van der Waals surface area contributed by atoms with Crippen LogP contribution in [0.3, 0.4) is 0 Å². The summed E-state index contributed by atoms with van der Waals surface area (Å²) in [5.41, 5.74) is 13.0. The van der Waals surface area contributed by atoms with E-state index in [1.54, 1.807) is 0 Å². The first kappa shape index (κ1) is 30.7. The molecule has 4 heteroatoms. The van der Waals surface area contributed by atoms with Gasteiger partial charge in [-0.05, 0) is 65.8 Å². The second-order valence-electron chi connectivity index (χ2n) is 13.5. The van der Waals surface area contributed by atoms with E-state index in [0.29, 0.717) is 0 Å². The number of fused-ring (bicyclic) bond motifs is 3. The van der Waals surface area contributed by atoms with E-state index >= 15 is 0 Å². The number of benzene rings is 4. The maximum Gasteiger partial charge on any atom is 0.160 e. The van der Waals surface area contributed by atoms with Crippen LogP contribution >= 0.6 is 0 Å². The van der Waals surface area contributed by atoms with Gasteiger partial charge in [0.05, 0.1) is 23.5 Å². The number of hydrogen-bond donors (Lipinski definition) is 0.